The van der Waals surface area contributed by atoms with Gasteiger partial charge in [-0.25, -0.2) is 13.4 Å². The van der Waals surface area contributed by atoms with Crippen LogP contribution in [-0.4, -0.2) is 37.4 Å². The molecule has 1 amide bonds. The van der Waals surface area contributed by atoms with Gasteiger partial charge in [0.2, 0.25) is 15.7 Å². The highest BCUT2D eigenvalue weighted by molar-refractivity contribution is 7.93. The molecule has 0 aliphatic carbocycles. The lowest BCUT2D eigenvalue weighted by Gasteiger charge is -2.11. The fourth-order valence-corrected chi connectivity index (χ4v) is 5.19. The maximum Gasteiger partial charge on any atom is 0.269 e. The largest absolute Gasteiger partial charge is 0.490 e. The van der Waals surface area contributed by atoms with Gasteiger partial charge in [0, 0.05) is 18.6 Å². The number of aromatic nitrogens is 1. The summed E-state index contributed by atoms with van der Waals surface area (Å²) in [6.45, 7) is 2.69. The number of nitrogens with one attached hydrogen (secondary N) is 1. The third kappa shape index (κ3) is 6.26. The molecule has 1 N–H and O–H groups in total. The van der Waals surface area contributed by atoms with E-state index in [1.807, 2.05) is 19.1 Å². The number of thiazole rings is 1. The summed E-state index contributed by atoms with van der Waals surface area (Å²) in [5.74, 6) is 0.903. The molecule has 0 fully saturated rings. The van der Waals surface area contributed by atoms with Crippen molar-refractivity contribution in [1.29, 1.82) is 0 Å². The molecule has 3 aromatic rings. The Labute approximate surface area is 194 Å². The van der Waals surface area contributed by atoms with E-state index in [1.165, 1.54) is 0 Å². The lowest BCUT2D eigenvalue weighted by Crippen LogP contribution is -2.12. The Hall–Kier alpha value is -3.51. The number of ether oxygens (including phenoxy) is 2. The second-order valence-electron chi connectivity index (χ2n) is 6.62. The van der Waals surface area contributed by atoms with Crippen molar-refractivity contribution in [3.8, 4) is 11.5 Å². The van der Waals surface area contributed by atoms with E-state index in [9.17, 15) is 23.3 Å². The normalized spacial score (nSPS) is 11.1. The zero-order chi connectivity index (χ0) is 23.8. The van der Waals surface area contributed by atoms with Gasteiger partial charge in [-0.3, -0.25) is 14.9 Å². The second-order valence-corrected chi connectivity index (χ2v) is 9.83. The summed E-state index contributed by atoms with van der Waals surface area (Å²) >= 11 is 0.804. The number of sulfone groups is 1. The Morgan fingerprint density at radius 3 is 2.42 bits per heavy atom. The second kappa shape index (κ2) is 10.9. The van der Waals surface area contributed by atoms with Crippen molar-refractivity contribution < 1.29 is 27.6 Å². The van der Waals surface area contributed by atoms with Crippen molar-refractivity contribution in [2.45, 2.75) is 28.9 Å². The van der Waals surface area contributed by atoms with Crippen LogP contribution in [-0.2, 0) is 14.6 Å². The number of hydrogen-bond donors (Lipinski definition) is 1. The molecule has 0 saturated carbocycles. The number of amides is 1. The summed E-state index contributed by atoms with van der Waals surface area (Å²) in [4.78, 5) is 26.2. The van der Waals surface area contributed by atoms with Crippen molar-refractivity contribution in [3.05, 3.63) is 64.8 Å². The number of nitrogens with zero attached hydrogens (tertiary/aromatic N) is 2. The molecule has 3 rings (SSSR count). The molecule has 174 valence electrons. The van der Waals surface area contributed by atoms with Gasteiger partial charge in [0.15, 0.2) is 16.6 Å². The van der Waals surface area contributed by atoms with Crippen LogP contribution in [0.15, 0.2) is 63.8 Å². The van der Waals surface area contributed by atoms with Crippen LogP contribution in [0, 0.1) is 10.1 Å². The smallest absolute Gasteiger partial charge is 0.269 e. The minimum atomic E-state index is -3.91. The van der Waals surface area contributed by atoms with Crippen LogP contribution in [0.4, 0.5) is 10.8 Å². The van der Waals surface area contributed by atoms with Gasteiger partial charge in [-0.1, -0.05) is 23.5 Å². The Balaban J connectivity index is 1.52. The van der Waals surface area contributed by atoms with Crippen LogP contribution in [0.1, 0.15) is 19.8 Å². The van der Waals surface area contributed by atoms with Crippen molar-refractivity contribution in [3.63, 3.8) is 0 Å². The van der Waals surface area contributed by atoms with Crippen LogP contribution in [0.5, 0.6) is 11.5 Å². The number of rotatable bonds is 11. The number of hydrogen-bond acceptors (Lipinski definition) is 9. The Morgan fingerprint density at radius 1 is 1.12 bits per heavy atom. The minimum Gasteiger partial charge on any atom is -0.490 e. The Kier molecular flexibility index (Phi) is 7.96. The van der Waals surface area contributed by atoms with Crippen molar-refractivity contribution in [2.75, 3.05) is 18.5 Å². The summed E-state index contributed by atoms with van der Waals surface area (Å²) < 4.78 is 36.5. The molecule has 33 heavy (non-hydrogen) atoms. The number of nitro benzene ring substituents is 1. The summed E-state index contributed by atoms with van der Waals surface area (Å²) in [5.41, 5.74) is -0.212. The molecule has 12 heteroatoms. The molecule has 1 aromatic heterocycles. The number of para-hydroxylation sites is 2. The molecule has 10 nitrogen and oxygen atoms in total. The van der Waals surface area contributed by atoms with Crippen LogP contribution in [0.3, 0.4) is 0 Å². The molecular formula is C21H21N3O7S2. The minimum absolute atomic E-state index is 0.0810. The molecule has 0 radical (unpaired) electrons. The maximum absolute atomic E-state index is 12.7. The predicted octanol–water partition coefficient (Wildman–Crippen LogP) is 4.08. The number of non-ortho nitro benzene ring substituents is 1. The molecule has 2 aromatic carbocycles. The molecule has 0 saturated heterocycles. The topological polar surface area (TPSA) is 138 Å². The fourth-order valence-electron chi connectivity index (χ4n) is 2.75. The first-order valence-electron chi connectivity index (χ1n) is 9.91. The van der Waals surface area contributed by atoms with E-state index in [-0.39, 0.29) is 32.3 Å². The number of nitro groups is 1. The monoisotopic (exact) mass is 491 g/mol. The first-order valence-corrected chi connectivity index (χ1v) is 12.2. The van der Waals surface area contributed by atoms with Crippen LogP contribution in [0.25, 0.3) is 0 Å². The molecule has 0 spiro atoms. The van der Waals surface area contributed by atoms with Gasteiger partial charge in [-0.2, -0.15) is 0 Å². The van der Waals surface area contributed by atoms with E-state index in [0.717, 1.165) is 41.8 Å². The van der Waals surface area contributed by atoms with E-state index in [2.05, 4.69) is 10.3 Å². The third-order valence-corrected chi connectivity index (χ3v) is 7.45. The number of anilines is 1. The fraction of sp³-hybridized carbons (Fsp3) is 0.238. The van der Waals surface area contributed by atoms with Gasteiger partial charge in [0.05, 0.1) is 29.2 Å². The molecule has 0 unspecified atom stereocenters. The number of benzene rings is 2. The van der Waals surface area contributed by atoms with E-state index in [0.29, 0.717) is 31.1 Å². The quantitative estimate of drug-likeness (QED) is 0.241. The molecular weight excluding hydrogens is 470 g/mol. The van der Waals surface area contributed by atoms with E-state index < -0.39 is 14.8 Å². The zero-order valence-electron chi connectivity index (χ0n) is 17.6. The lowest BCUT2D eigenvalue weighted by atomic mass is 10.3. The molecule has 0 aliphatic rings. The standard InChI is InChI=1S/C21H21N3O7S2/c1-2-30-17-6-3-4-7-18(17)31-13-5-8-19(25)23-21-22-14-20(32-21)33(28,29)16-11-9-15(10-12-16)24(26)27/h3-4,6-7,9-12,14H,2,5,8,13H2,1H3,(H,22,23,25). The van der Waals surface area contributed by atoms with Gasteiger partial charge < -0.3 is 14.8 Å². The first kappa shape index (κ1) is 24.1. The Bertz CT molecular complexity index is 1220. The average Bonchev–Trinajstić information content (AvgIpc) is 3.27. The highest BCUT2D eigenvalue weighted by Crippen LogP contribution is 2.30. The first-order chi connectivity index (χ1) is 15.8. The Morgan fingerprint density at radius 2 is 1.79 bits per heavy atom. The molecule has 0 aliphatic heterocycles. The average molecular weight is 492 g/mol. The molecule has 0 bridgehead atoms. The predicted molar refractivity (Wildman–Crippen MR) is 122 cm³/mol. The van der Waals surface area contributed by atoms with Gasteiger partial charge in [0.1, 0.15) is 4.21 Å². The number of carbonyl (C=O) groups excluding carboxylic acids is 1. The van der Waals surface area contributed by atoms with E-state index >= 15 is 0 Å². The van der Waals surface area contributed by atoms with E-state index in [4.69, 9.17) is 9.47 Å². The maximum atomic E-state index is 12.7. The van der Waals surface area contributed by atoms with Crippen molar-refractivity contribution in [1.82, 2.24) is 4.98 Å². The van der Waals surface area contributed by atoms with Crippen LogP contribution in [0.2, 0.25) is 0 Å². The van der Waals surface area contributed by atoms with Crippen molar-refractivity contribution in [2.24, 2.45) is 0 Å². The SMILES string of the molecule is CCOc1ccccc1OCCCC(=O)Nc1ncc(S(=O)(=O)c2ccc([N+](=O)[O-])cc2)s1. The van der Waals surface area contributed by atoms with Crippen molar-refractivity contribution >= 4 is 37.9 Å². The summed E-state index contributed by atoms with van der Waals surface area (Å²) in [6, 6.07) is 11.8. The van der Waals surface area contributed by atoms with Gasteiger partial charge in [-0.05, 0) is 37.6 Å². The van der Waals surface area contributed by atoms with Gasteiger partial charge >= 0.3 is 0 Å². The highest BCUT2D eigenvalue weighted by atomic mass is 32.2. The molecule has 0 atom stereocenters. The molecule has 1 heterocycles. The summed E-state index contributed by atoms with van der Waals surface area (Å²) in [6.07, 6.45) is 1.73. The zero-order valence-corrected chi connectivity index (χ0v) is 19.2. The summed E-state index contributed by atoms with van der Waals surface area (Å²) in [7, 11) is -3.91. The third-order valence-electron chi connectivity index (χ3n) is 4.31. The number of carbonyl (C=O) groups is 1. The van der Waals surface area contributed by atoms with E-state index in [1.54, 1.807) is 12.1 Å². The highest BCUT2D eigenvalue weighted by Gasteiger charge is 2.22. The summed E-state index contributed by atoms with van der Waals surface area (Å²) in [5, 5.41) is 13.5. The van der Waals surface area contributed by atoms with Gasteiger partial charge in [-0.15, -0.1) is 0 Å². The van der Waals surface area contributed by atoms with Crippen LogP contribution < -0.4 is 14.8 Å². The van der Waals surface area contributed by atoms with Crippen LogP contribution >= 0.6 is 11.3 Å². The van der Waals surface area contributed by atoms with Gasteiger partial charge in [0.25, 0.3) is 5.69 Å². The lowest BCUT2D eigenvalue weighted by molar-refractivity contribution is -0.384.